The van der Waals surface area contributed by atoms with Crippen molar-refractivity contribution in [3.05, 3.63) is 0 Å². The molecule has 1 saturated heterocycles. The summed E-state index contributed by atoms with van der Waals surface area (Å²) >= 11 is 0. The van der Waals surface area contributed by atoms with E-state index in [1.807, 2.05) is 6.92 Å². The molecule has 1 aliphatic rings. The minimum atomic E-state index is -4.41. The average molecular weight is 266 g/mol. The minimum Gasteiger partial charge on any atom is -0.341 e. The summed E-state index contributed by atoms with van der Waals surface area (Å²) in [4.78, 5) is 12.9. The molecule has 3 nitrogen and oxygen atoms in total. The Hall–Kier alpha value is -0.780. The normalized spacial score (nSPS) is 20.8. The molecule has 1 N–H and O–H groups in total. The Balaban J connectivity index is 2.49. The molecule has 1 unspecified atom stereocenters. The van der Waals surface area contributed by atoms with Crippen LogP contribution in [0.1, 0.15) is 39.0 Å². The van der Waals surface area contributed by atoms with E-state index in [0.29, 0.717) is 19.5 Å². The number of nitrogens with zero attached hydrogens (tertiary/aromatic N) is 1. The Bertz CT molecular complexity index is 263. The maximum atomic E-state index is 12.2. The smallest absolute Gasteiger partial charge is 0.341 e. The second-order valence-corrected chi connectivity index (χ2v) is 4.78. The molecule has 0 aliphatic carbocycles. The van der Waals surface area contributed by atoms with Crippen LogP contribution < -0.4 is 5.32 Å². The second kappa shape index (κ2) is 6.97. The Morgan fingerprint density at radius 2 is 2.11 bits per heavy atom. The molecular formula is C12H21F3N2O. The van der Waals surface area contributed by atoms with E-state index in [-0.39, 0.29) is 6.04 Å². The SMILES string of the molecule is CCCN(CC1CCCCN1)C(=O)CC(F)(F)F. The van der Waals surface area contributed by atoms with Crippen LogP contribution >= 0.6 is 0 Å². The molecule has 0 aromatic rings. The van der Waals surface area contributed by atoms with Crippen molar-refractivity contribution in [3.8, 4) is 0 Å². The van der Waals surface area contributed by atoms with Gasteiger partial charge in [0.05, 0.1) is 0 Å². The number of carbonyl (C=O) groups excluding carboxylic acids is 1. The zero-order valence-corrected chi connectivity index (χ0v) is 10.7. The van der Waals surface area contributed by atoms with Crippen molar-refractivity contribution in [2.24, 2.45) is 0 Å². The molecule has 1 amide bonds. The molecule has 0 spiro atoms. The summed E-state index contributed by atoms with van der Waals surface area (Å²) in [5.41, 5.74) is 0. The first-order valence-corrected chi connectivity index (χ1v) is 6.50. The van der Waals surface area contributed by atoms with Crippen molar-refractivity contribution in [2.75, 3.05) is 19.6 Å². The summed E-state index contributed by atoms with van der Waals surface area (Å²) in [7, 11) is 0. The third-order valence-corrected chi connectivity index (χ3v) is 3.05. The Morgan fingerprint density at radius 3 is 2.61 bits per heavy atom. The lowest BCUT2D eigenvalue weighted by atomic mass is 10.0. The van der Waals surface area contributed by atoms with Gasteiger partial charge in [-0.1, -0.05) is 13.3 Å². The van der Waals surface area contributed by atoms with Gasteiger partial charge in [0.25, 0.3) is 0 Å². The molecule has 1 fully saturated rings. The van der Waals surface area contributed by atoms with Gasteiger partial charge < -0.3 is 10.2 Å². The van der Waals surface area contributed by atoms with Gasteiger partial charge in [-0.15, -0.1) is 0 Å². The van der Waals surface area contributed by atoms with Gasteiger partial charge in [0, 0.05) is 19.1 Å². The maximum absolute atomic E-state index is 12.2. The van der Waals surface area contributed by atoms with Crippen LogP contribution in [0.5, 0.6) is 0 Å². The van der Waals surface area contributed by atoms with Crippen LogP contribution in [0.25, 0.3) is 0 Å². The third-order valence-electron chi connectivity index (χ3n) is 3.05. The zero-order valence-electron chi connectivity index (χ0n) is 10.7. The molecule has 0 radical (unpaired) electrons. The largest absolute Gasteiger partial charge is 0.397 e. The van der Waals surface area contributed by atoms with E-state index in [9.17, 15) is 18.0 Å². The molecule has 1 rings (SSSR count). The van der Waals surface area contributed by atoms with Gasteiger partial charge in [-0.3, -0.25) is 4.79 Å². The van der Waals surface area contributed by atoms with Crippen LogP contribution in [0.4, 0.5) is 13.2 Å². The summed E-state index contributed by atoms with van der Waals surface area (Å²) in [5.74, 6) is -0.809. The van der Waals surface area contributed by atoms with Crippen molar-refractivity contribution in [3.63, 3.8) is 0 Å². The lowest BCUT2D eigenvalue weighted by molar-refractivity contribution is -0.161. The highest BCUT2D eigenvalue weighted by molar-refractivity contribution is 5.76. The first-order valence-electron chi connectivity index (χ1n) is 6.50. The van der Waals surface area contributed by atoms with Gasteiger partial charge in [-0.25, -0.2) is 0 Å². The molecule has 1 atom stereocenters. The zero-order chi connectivity index (χ0) is 13.6. The summed E-state index contributed by atoms with van der Waals surface area (Å²) in [6.45, 7) is 3.54. The van der Waals surface area contributed by atoms with E-state index in [1.165, 1.54) is 4.90 Å². The van der Waals surface area contributed by atoms with E-state index < -0.39 is 18.5 Å². The average Bonchev–Trinajstić information content (AvgIpc) is 2.27. The van der Waals surface area contributed by atoms with Crippen LogP contribution in [0, 0.1) is 0 Å². The molecule has 0 aromatic carbocycles. The van der Waals surface area contributed by atoms with Crippen molar-refractivity contribution >= 4 is 5.91 Å². The number of rotatable bonds is 5. The third kappa shape index (κ3) is 5.71. The highest BCUT2D eigenvalue weighted by Gasteiger charge is 2.33. The van der Waals surface area contributed by atoms with Crippen LogP contribution in [0.15, 0.2) is 0 Å². The van der Waals surface area contributed by atoms with E-state index in [2.05, 4.69) is 5.32 Å². The van der Waals surface area contributed by atoms with Gasteiger partial charge in [0.15, 0.2) is 0 Å². The Kier molecular flexibility index (Phi) is 5.91. The second-order valence-electron chi connectivity index (χ2n) is 4.78. The van der Waals surface area contributed by atoms with Gasteiger partial charge in [-0.05, 0) is 25.8 Å². The van der Waals surface area contributed by atoms with Crippen LogP contribution in [0.3, 0.4) is 0 Å². The lowest BCUT2D eigenvalue weighted by Gasteiger charge is -2.30. The molecule has 0 saturated carbocycles. The van der Waals surface area contributed by atoms with E-state index in [0.717, 1.165) is 25.8 Å². The molecule has 1 aliphatic heterocycles. The van der Waals surface area contributed by atoms with Crippen LogP contribution in [-0.2, 0) is 4.79 Å². The molecule has 1 heterocycles. The summed E-state index contributed by atoms with van der Waals surface area (Å²) in [6.07, 6.45) is -1.98. The minimum absolute atomic E-state index is 0.141. The number of carbonyl (C=O) groups is 1. The highest BCUT2D eigenvalue weighted by atomic mass is 19.4. The number of nitrogens with one attached hydrogen (secondary N) is 1. The number of halogens is 3. The van der Waals surface area contributed by atoms with Crippen molar-refractivity contribution < 1.29 is 18.0 Å². The first kappa shape index (κ1) is 15.3. The summed E-state index contributed by atoms with van der Waals surface area (Å²) < 4.78 is 36.7. The predicted octanol–water partition coefficient (Wildman–Crippen LogP) is 2.32. The molecule has 18 heavy (non-hydrogen) atoms. The fourth-order valence-corrected chi connectivity index (χ4v) is 2.22. The molecule has 0 bridgehead atoms. The van der Waals surface area contributed by atoms with Gasteiger partial charge >= 0.3 is 6.18 Å². The Morgan fingerprint density at radius 1 is 1.39 bits per heavy atom. The number of hydrogen-bond donors (Lipinski definition) is 1. The molecule has 106 valence electrons. The lowest BCUT2D eigenvalue weighted by Crippen LogP contribution is -2.46. The summed E-state index contributed by atoms with van der Waals surface area (Å²) in [5, 5.41) is 3.25. The number of alkyl halides is 3. The topological polar surface area (TPSA) is 32.3 Å². The first-order chi connectivity index (χ1) is 8.42. The van der Waals surface area contributed by atoms with Crippen molar-refractivity contribution in [1.29, 1.82) is 0 Å². The molecular weight excluding hydrogens is 245 g/mol. The Labute approximate surface area is 106 Å². The van der Waals surface area contributed by atoms with E-state index >= 15 is 0 Å². The van der Waals surface area contributed by atoms with Gasteiger partial charge in [-0.2, -0.15) is 13.2 Å². The maximum Gasteiger partial charge on any atom is 0.397 e. The standard InChI is InChI=1S/C12H21F3N2O/c1-2-7-17(11(18)8-12(13,14)15)9-10-5-3-4-6-16-10/h10,16H,2-9H2,1H3. The van der Waals surface area contributed by atoms with Gasteiger partial charge in [0.1, 0.15) is 6.42 Å². The monoisotopic (exact) mass is 266 g/mol. The molecule has 0 aromatic heterocycles. The number of hydrogen-bond acceptors (Lipinski definition) is 2. The number of amides is 1. The fourth-order valence-electron chi connectivity index (χ4n) is 2.22. The predicted molar refractivity (Wildman–Crippen MR) is 63.2 cm³/mol. The fraction of sp³-hybridized carbons (Fsp3) is 0.917. The summed E-state index contributed by atoms with van der Waals surface area (Å²) in [6, 6.07) is 0.141. The van der Waals surface area contributed by atoms with E-state index in [1.54, 1.807) is 0 Å². The highest BCUT2D eigenvalue weighted by Crippen LogP contribution is 2.21. The van der Waals surface area contributed by atoms with Crippen LogP contribution in [0.2, 0.25) is 0 Å². The van der Waals surface area contributed by atoms with Crippen molar-refractivity contribution in [1.82, 2.24) is 10.2 Å². The molecule has 6 heteroatoms. The van der Waals surface area contributed by atoms with E-state index in [4.69, 9.17) is 0 Å². The number of piperidine rings is 1. The quantitative estimate of drug-likeness (QED) is 0.828. The van der Waals surface area contributed by atoms with Gasteiger partial charge in [0.2, 0.25) is 5.91 Å². The van der Waals surface area contributed by atoms with Crippen LogP contribution in [-0.4, -0.2) is 42.7 Å². The van der Waals surface area contributed by atoms with Crippen molar-refractivity contribution in [2.45, 2.75) is 51.2 Å².